The third-order valence-electron chi connectivity index (χ3n) is 1.20. The molecule has 0 spiro atoms. The summed E-state index contributed by atoms with van der Waals surface area (Å²) < 4.78 is 0. The molecule has 0 aliphatic rings. The Morgan fingerprint density at radius 3 is 2.36 bits per heavy atom. The van der Waals surface area contributed by atoms with Crippen molar-refractivity contribution in [2.24, 2.45) is 0 Å². The molecule has 5 heteroatoms. The monoisotopic (exact) mass is 199 g/mol. The number of carbonyl (C=O) groups excluding carboxylic acids is 1. The Kier molecular flexibility index (Phi) is 9.83. The molecule has 4 nitrogen and oxygen atoms in total. The van der Waals surface area contributed by atoms with Gasteiger partial charge in [-0.15, -0.1) is 0 Å². The van der Waals surface area contributed by atoms with Gasteiger partial charge in [-0.2, -0.15) is 6.54 Å². The van der Waals surface area contributed by atoms with Crippen LogP contribution in [0.1, 0.15) is 19.3 Å². The summed E-state index contributed by atoms with van der Waals surface area (Å²) in [7, 11) is 0. The number of rotatable bonds is 5. The number of unbranched alkanes of at least 4 members (excludes halogenated alkanes) is 1. The maximum absolute atomic E-state index is 9.95. The molecule has 0 fully saturated rings. The number of hydrogen-bond donors (Lipinski definition) is 0. The zero-order valence-corrected chi connectivity index (χ0v) is 7.18. The van der Waals surface area contributed by atoms with E-state index < -0.39 is 12.0 Å². The fourth-order valence-corrected chi connectivity index (χ4v) is 0.591. The molecule has 1 atom stereocenters. The molecule has 0 aliphatic carbocycles. The molecule has 1 radical (unpaired) electrons. The number of carboxylic acids is 1. The molecule has 0 aliphatic heterocycles. The van der Waals surface area contributed by atoms with Crippen LogP contribution in [0.25, 0.3) is 11.5 Å². The largest absolute Gasteiger partial charge is 3.00 e. The van der Waals surface area contributed by atoms with Gasteiger partial charge in [0.1, 0.15) is 0 Å². The van der Waals surface area contributed by atoms with E-state index in [1.54, 1.807) is 0 Å². The minimum absolute atomic E-state index is 0. The first-order valence-corrected chi connectivity index (χ1v) is 3.25. The van der Waals surface area contributed by atoms with Crippen molar-refractivity contribution in [3.8, 4) is 0 Å². The first-order chi connectivity index (χ1) is 4.68. The van der Waals surface area contributed by atoms with Crippen LogP contribution in [0.15, 0.2) is 0 Å². The van der Waals surface area contributed by atoms with Crippen LogP contribution >= 0.6 is 0 Å². The maximum Gasteiger partial charge on any atom is 3.00 e. The van der Waals surface area contributed by atoms with Crippen molar-refractivity contribution >= 4 is 5.97 Å². The smallest absolute Gasteiger partial charge is 0.677 e. The van der Waals surface area contributed by atoms with Gasteiger partial charge in [0.05, 0.1) is 0 Å². The van der Waals surface area contributed by atoms with Gasteiger partial charge in [-0.1, -0.05) is 25.3 Å². The summed E-state index contributed by atoms with van der Waals surface area (Å²) in [5.74, 6) is -1.31. The van der Waals surface area contributed by atoms with Gasteiger partial charge in [0, 0.05) is 5.97 Å². The van der Waals surface area contributed by atoms with Crippen molar-refractivity contribution in [2.45, 2.75) is 25.3 Å². The molecule has 1 unspecified atom stereocenters. The van der Waals surface area contributed by atoms with Crippen LogP contribution in [0, 0.1) is 0 Å². The van der Waals surface area contributed by atoms with E-state index in [9.17, 15) is 9.90 Å². The predicted molar refractivity (Wildman–Crippen MR) is 36.2 cm³/mol. The molecule has 0 heterocycles. The van der Waals surface area contributed by atoms with Gasteiger partial charge in [0.25, 0.3) is 0 Å². The van der Waals surface area contributed by atoms with Crippen LogP contribution in [-0.2, 0) is 21.9 Å². The summed E-state index contributed by atoms with van der Waals surface area (Å²) in [5, 5.41) is 9.95. The Morgan fingerprint density at radius 1 is 1.45 bits per heavy atom. The molecular formula is C6H11FeN2O2. The number of aliphatic carboxylic acids is 1. The Hall–Kier alpha value is -0.0905. The summed E-state index contributed by atoms with van der Waals surface area (Å²) in [4.78, 5) is 9.95. The first-order valence-electron chi connectivity index (χ1n) is 3.25. The predicted octanol–water partition coefficient (Wildman–Crippen LogP) is 0.377. The number of hydrogen-bond acceptors (Lipinski definition) is 2. The Bertz CT molecular complexity index is 111. The summed E-state index contributed by atoms with van der Waals surface area (Å²) in [6.07, 6.45) is 1.61. The van der Waals surface area contributed by atoms with E-state index in [0.717, 1.165) is 0 Å². The van der Waals surface area contributed by atoms with Crippen molar-refractivity contribution in [1.29, 1.82) is 0 Å². The van der Waals surface area contributed by atoms with Crippen molar-refractivity contribution < 1.29 is 27.0 Å². The molecule has 0 aromatic rings. The maximum atomic E-state index is 9.95. The topological polar surface area (TPSA) is 87.7 Å². The Morgan fingerprint density at radius 2 is 2.00 bits per heavy atom. The van der Waals surface area contributed by atoms with E-state index in [0.29, 0.717) is 25.8 Å². The second-order valence-electron chi connectivity index (χ2n) is 2.12. The minimum Gasteiger partial charge on any atom is -0.677 e. The Balaban J connectivity index is 0. The van der Waals surface area contributed by atoms with Crippen LogP contribution in [-0.4, -0.2) is 18.6 Å². The number of carboxylic acid groups (broad SMARTS) is 1. The summed E-state index contributed by atoms with van der Waals surface area (Å²) in [6.45, 7) is 0.305. The zero-order chi connectivity index (χ0) is 7.98. The van der Waals surface area contributed by atoms with E-state index in [1.807, 2.05) is 0 Å². The van der Waals surface area contributed by atoms with Gasteiger partial charge in [-0.05, 0) is 0 Å². The third kappa shape index (κ3) is 7.81. The van der Waals surface area contributed by atoms with Crippen LogP contribution in [0.2, 0.25) is 0 Å². The van der Waals surface area contributed by atoms with Crippen LogP contribution in [0.4, 0.5) is 0 Å². The average Bonchev–Trinajstić information content (AvgIpc) is 1.88. The molecule has 0 saturated carbocycles. The van der Waals surface area contributed by atoms with E-state index in [1.165, 1.54) is 0 Å². The van der Waals surface area contributed by atoms with Gasteiger partial charge in [0.2, 0.25) is 0 Å². The summed E-state index contributed by atoms with van der Waals surface area (Å²) in [5.41, 5.74) is 13.6. The minimum atomic E-state index is -1.31. The van der Waals surface area contributed by atoms with Crippen LogP contribution in [0.3, 0.4) is 0 Å². The fraction of sp³-hybridized carbons (Fsp3) is 0.833. The van der Waals surface area contributed by atoms with Crippen LogP contribution in [0.5, 0.6) is 0 Å². The van der Waals surface area contributed by atoms with E-state index in [4.69, 9.17) is 11.5 Å². The first kappa shape index (κ1) is 13.5. The van der Waals surface area contributed by atoms with Crippen molar-refractivity contribution in [3.05, 3.63) is 11.5 Å². The summed E-state index contributed by atoms with van der Waals surface area (Å²) >= 11 is 0. The van der Waals surface area contributed by atoms with Crippen molar-refractivity contribution in [3.63, 3.8) is 0 Å². The Labute approximate surface area is 76.8 Å². The second-order valence-corrected chi connectivity index (χ2v) is 2.12. The molecule has 0 saturated heterocycles. The molecule has 11 heavy (non-hydrogen) atoms. The normalized spacial score (nSPS) is 11.8. The number of carbonyl (C=O) groups is 1. The third-order valence-corrected chi connectivity index (χ3v) is 1.20. The van der Waals surface area contributed by atoms with Crippen molar-refractivity contribution in [1.82, 2.24) is 0 Å². The average molecular weight is 199 g/mol. The number of nitrogens with one attached hydrogen (secondary N) is 2. The fourth-order valence-electron chi connectivity index (χ4n) is 0.591. The molecule has 0 rings (SSSR count). The SMILES string of the molecule is [Fe+3].[NH-]CCCCC([NH-])C(=O)[O-]. The quantitative estimate of drug-likeness (QED) is 0.473. The molecule has 65 valence electrons. The van der Waals surface area contributed by atoms with Gasteiger partial charge >= 0.3 is 17.1 Å². The van der Waals surface area contributed by atoms with Crippen LogP contribution < -0.4 is 5.11 Å². The molecule has 0 aromatic heterocycles. The van der Waals surface area contributed by atoms with Gasteiger partial charge < -0.3 is 21.4 Å². The van der Waals surface area contributed by atoms with E-state index in [-0.39, 0.29) is 17.1 Å². The van der Waals surface area contributed by atoms with Crippen molar-refractivity contribution in [2.75, 3.05) is 6.54 Å². The molecular weight excluding hydrogens is 188 g/mol. The van der Waals surface area contributed by atoms with Gasteiger partial charge in [-0.3, -0.25) is 0 Å². The van der Waals surface area contributed by atoms with E-state index in [2.05, 4.69) is 0 Å². The molecule has 2 N–H and O–H groups in total. The van der Waals surface area contributed by atoms with E-state index >= 15 is 0 Å². The molecule has 0 aromatic carbocycles. The molecule has 0 bridgehead atoms. The zero-order valence-electron chi connectivity index (χ0n) is 6.08. The standard InChI is InChI=1S/C6H12N2O2.Fe/c7-4-2-1-3-5(8)6(9)10;/h5,7-8H,1-4H2,(H,9,10);/q-2;+3/p-1. The van der Waals surface area contributed by atoms with Gasteiger partial charge in [0.15, 0.2) is 0 Å². The van der Waals surface area contributed by atoms with Gasteiger partial charge in [-0.25, -0.2) is 0 Å². The second kappa shape index (κ2) is 8.01. The summed E-state index contributed by atoms with van der Waals surface area (Å²) in [6, 6.07) is -1.11. The molecule has 0 amide bonds.